The average Bonchev–Trinajstić information content (AvgIpc) is 2.86. The molecule has 4 rings (SSSR count). The van der Waals surface area contributed by atoms with Crippen molar-refractivity contribution >= 4 is 29.0 Å². The molecule has 0 bridgehead atoms. The summed E-state index contributed by atoms with van der Waals surface area (Å²) in [5, 5.41) is 3.68. The molecule has 2 aliphatic heterocycles. The van der Waals surface area contributed by atoms with Crippen molar-refractivity contribution in [1.29, 1.82) is 0 Å². The highest BCUT2D eigenvalue weighted by Crippen LogP contribution is 2.43. The number of benzene rings is 2. The van der Waals surface area contributed by atoms with E-state index in [0.29, 0.717) is 63.9 Å². The number of thiocarbonyl (C=S) groups is 1. The van der Waals surface area contributed by atoms with Crippen molar-refractivity contribution in [3.05, 3.63) is 47.2 Å². The molecular weight excluding hydrogens is 460 g/mol. The fourth-order valence-corrected chi connectivity index (χ4v) is 4.48. The van der Waals surface area contributed by atoms with Crippen LogP contribution in [0.5, 0.6) is 28.7 Å². The largest absolute Gasteiger partial charge is 0.493 e. The van der Waals surface area contributed by atoms with E-state index in [-0.39, 0.29) is 0 Å². The third kappa shape index (κ3) is 4.05. The number of nitrogens with zero attached hydrogens (tertiary/aromatic N) is 1. The molecule has 2 aliphatic rings. The number of hydrogen-bond donors (Lipinski definition) is 1. The molecular formula is C24H26N2O7S. The van der Waals surface area contributed by atoms with Gasteiger partial charge in [-0.15, -0.1) is 0 Å². The molecule has 0 saturated heterocycles. The topological polar surface area (TPSA) is 87.7 Å². The van der Waals surface area contributed by atoms with Gasteiger partial charge in [0, 0.05) is 11.8 Å². The van der Waals surface area contributed by atoms with Gasteiger partial charge in [-0.05, 0) is 49.0 Å². The lowest BCUT2D eigenvalue weighted by atomic mass is 9.94. The molecule has 0 aromatic heterocycles. The Morgan fingerprint density at radius 1 is 1.00 bits per heavy atom. The van der Waals surface area contributed by atoms with E-state index in [0.717, 1.165) is 5.69 Å². The van der Waals surface area contributed by atoms with E-state index in [2.05, 4.69) is 5.32 Å². The number of anilines is 1. The molecule has 0 fully saturated rings. The fourth-order valence-electron chi connectivity index (χ4n) is 4.12. The molecule has 2 aromatic carbocycles. The van der Waals surface area contributed by atoms with Gasteiger partial charge in [-0.3, -0.25) is 4.90 Å². The number of hydrogen-bond acceptors (Lipinski definition) is 8. The second-order valence-electron chi connectivity index (χ2n) is 7.50. The highest BCUT2D eigenvalue weighted by atomic mass is 32.1. The van der Waals surface area contributed by atoms with Crippen molar-refractivity contribution in [2.24, 2.45) is 0 Å². The van der Waals surface area contributed by atoms with E-state index >= 15 is 0 Å². The van der Waals surface area contributed by atoms with Crippen LogP contribution < -0.4 is 33.9 Å². The molecule has 1 N–H and O–H groups in total. The Labute approximate surface area is 203 Å². The minimum absolute atomic E-state index is 0.389. The van der Waals surface area contributed by atoms with Crippen LogP contribution in [0.4, 0.5) is 5.69 Å². The van der Waals surface area contributed by atoms with Crippen LogP contribution in [-0.4, -0.2) is 52.7 Å². The number of allylic oxidation sites excluding steroid dienone is 1. The summed E-state index contributed by atoms with van der Waals surface area (Å²) in [5.41, 5.74) is 2.42. The van der Waals surface area contributed by atoms with Gasteiger partial charge in [0.1, 0.15) is 13.2 Å². The third-order valence-electron chi connectivity index (χ3n) is 5.69. The van der Waals surface area contributed by atoms with Crippen LogP contribution in [-0.2, 0) is 9.53 Å². The maximum Gasteiger partial charge on any atom is 0.337 e. The third-order valence-corrected chi connectivity index (χ3v) is 5.99. The molecule has 10 heteroatoms. The first-order valence-corrected chi connectivity index (χ1v) is 10.9. The molecule has 2 aromatic rings. The van der Waals surface area contributed by atoms with E-state index < -0.39 is 12.0 Å². The van der Waals surface area contributed by atoms with Crippen molar-refractivity contribution in [2.45, 2.75) is 13.0 Å². The molecule has 0 aliphatic carbocycles. The van der Waals surface area contributed by atoms with E-state index in [9.17, 15) is 4.79 Å². The Morgan fingerprint density at radius 3 is 2.24 bits per heavy atom. The summed E-state index contributed by atoms with van der Waals surface area (Å²) in [4.78, 5) is 14.8. The van der Waals surface area contributed by atoms with Crippen molar-refractivity contribution in [1.82, 2.24) is 5.32 Å². The second kappa shape index (κ2) is 9.68. The Hall–Kier alpha value is -3.66. The van der Waals surface area contributed by atoms with Crippen LogP contribution >= 0.6 is 12.2 Å². The van der Waals surface area contributed by atoms with Crippen LogP contribution in [0.1, 0.15) is 18.5 Å². The Kier molecular flexibility index (Phi) is 6.69. The highest BCUT2D eigenvalue weighted by Gasteiger charge is 2.36. The lowest BCUT2D eigenvalue weighted by molar-refractivity contribution is -0.136. The molecule has 1 atom stereocenters. The quantitative estimate of drug-likeness (QED) is 0.484. The van der Waals surface area contributed by atoms with Gasteiger partial charge in [0.05, 0.1) is 45.7 Å². The predicted molar refractivity (Wildman–Crippen MR) is 129 cm³/mol. The van der Waals surface area contributed by atoms with Crippen molar-refractivity contribution < 1.29 is 33.2 Å². The molecule has 34 heavy (non-hydrogen) atoms. The van der Waals surface area contributed by atoms with Gasteiger partial charge in [0.2, 0.25) is 5.75 Å². The first kappa shape index (κ1) is 23.5. The lowest BCUT2D eigenvalue weighted by Gasteiger charge is -2.38. The molecule has 0 radical (unpaired) electrons. The van der Waals surface area contributed by atoms with Crippen LogP contribution in [0.3, 0.4) is 0 Å². The van der Waals surface area contributed by atoms with Gasteiger partial charge < -0.3 is 33.7 Å². The van der Waals surface area contributed by atoms with Crippen LogP contribution in [0.2, 0.25) is 0 Å². The van der Waals surface area contributed by atoms with Crippen LogP contribution in [0.25, 0.3) is 0 Å². The molecule has 0 unspecified atom stereocenters. The minimum atomic E-state index is -0.609. The number of esters is 1. The number of methoxy groups -OCH3 is 4. The highest BCUT2D eigenvalue weighted by molar-refractivity contribution is 7.80. The second-order valence-corrected chi connectivity index (χ2v) is 7.88. The fraction of sp³-hybridized carbons (Fsp3) is 0.333. The van der Waals surface area contributed by atoms with Gasteiger partial charge >= 0.3 is 5.97 Å². The zero-order valence-electron chi connectivity index (χ0n) is 19.6. The first-order chi connectivity index (χ1) is 16.4. The number of nitrogens with one attached hydrogen (secondary N) is 1. The number of ether oxygens (including phenoxy) is 6. The first-order valence-electron chi connectivity index (χ1n) is 10.5. The average molecular weight is 487 g/mol. The minimum Gasteiger partial charge on any atom is -0.493 e. The zero-order valence-corrected chi connectivity index (χ0v) is 20.4. The van der Waals surface area contributed by atoms with Crippen LogP contribution in [0.15, 0.2) is 41.6 Å². The lowest BCUT2D eigenvalue weighted by Crippen LogP contribution is -2.48. The Bertz CT molecular complexity index is 1140. The normalized spacial score (nSPS) is 17.1. The molecule has 0 spiro atoms. The molecule has 9 nitrogen and oxygen atoms in total. The van der Waals surface area contributed by atoms with E-state index in [1.807, 2.05) is 25.1 Å². The summed E-state index contributed by atoms with van der Waals surface area (Å²) in [6, 6.07) is 8.46. The number of carbonyl (C=O) groups is 1. The van der Waals surface area contributed by atoms with Gasteiger partial charge in [0.15, 0.2) is 28.1 Å². The SMILES string of the molecule is COC(=O)C1=C(C)N(c2ccc3c(c2)OCCO3)C(=S)N[C@@H]1c1cc(OC)c(OC)c(OC)c1. The summed E-state index contributed by atoms with van der Waals surface area (Å²) >= 11 is 5.73. The molecule has 2 heterocycles. The monoisotopic (exact) mass is 486 g/mol. The number of rotatable bonds is 6. The van der Waals surface area contributed by atoms with Crippen LogP contribution in [0, 0.1) is 0 Å². The van der Waals surface area contributed by atoms with E-state index in [4.69, 9.17) is 40.6 Å². The maximum atomic E-state index is 13.0. The molecule has 0 saturated carbocycles. The summed E-state index contributed by atoms with van der Waals surface area (Å²) in [7, 11) is 5.94. The zero-order chi connectivity index (χ0) is 24.4. The predicted octanol–water partition coefficient (Wildman–Crippen LogP) is 3.37. The number of fused-ring (bicyclic) bond motifs is 1. The summed E-state index contributed by atoms with van der Waals surface area (Å²) in [5.74, 6) is 2.15. The van der Waals surface area contributed by atoms with Crippen molar-refractivity contribution in [3.8, 4) is 28.7 Å². The summed E-state index contributed by atoms with van der Waals surface area (Å²) < 4.78 is 32.9. The Balaban J connectivity index is 1.84. The smallest absolute Gasteiger partial charge is 0.337 e. The number of carbonyl (C=O) groups excluding carboxylic acids is 1. The van der Waals surface area contributed by atoms with Crippen molar-refractivity contribution in [3.63, 3.8) is 0 Å². The van der Waals surface area contributed by atoms with Crippen molar-refractivity contribution in [2.75, 3.05) is 46.6 Å². The van der Waals surface area contributed by atoms with Gasteiger partial charge in [-0.2, -0.15) is 0 Å². The summed E-state index contributed by atoms with van der Waals surface area (Å²) in [6.07, 6.45) is 0. The maximum absolute atomic E-state index is 13.0. The molecule has 0 amide bonds. The molecule has 180 valence electrons. The van der Waals surface area contributed by atoms with E-state index in [1.165, 1.54) is 28.4 Å². The van der Waals surface area contributed by atoms with Gasteiger partial charge in [-0.25, -0.2) is 4.79 Å². The standard InChI is InChI=1S/C24H26N2O7S/c1-13-20(23(27)31-5)21(14-10-18(28-2)22(30-4)19(11-14)29-3)25-24(34)26(13)15-6-7-16-17(12-15)33-9-8-32-16/h6-7,10-12,21H,8-9H2,1-5H3,(H,25,34)/t21-/m1/s1. The summed E-state index contributed by atoms with van der Waals surface area (Å²) in [6.45, 7) is 2.78. The van der Waals surface area contributed by atoms with Gasteiger partial charge in [-0.1, -0.05) is 0 Å². The van der Waals surface area contributed by atoms with E-state index in [1.54, 1.807) is 17.0 Å². The Morgan fingerprint density at radius 2 is 1.65 bits per heavy atom. The van der Waals surface area contributed by atoms with Gasteiger partial charge in [0.25, 0.3) is 0 Å².